The van der Waals surface area contributed by atoms with Crippen molar-refractivity contribution in [3.8, 4) is 6.07 Å². The van der Waals surface area contributed by atoms with E-state index in [1.54, 1.807) is 7.11 Å². The standard InChI is InChI=1S/C51H99NO25/c1-50(49-52)51(53)77-48-47-76-46-45-75-44-43-74-42-41-73-40-39-72-38-37-71-36-35-70-34-33-69-32-31-68-30-29-67-28-27-66-26-25-65-24-23-64-22-21-63-20-19-62-18-17-61-16-15-60-14-13-59-12-11-58-10-9-57-8-7-56-6-5-55-4-3-54-2/h50H,3-48H2,1-2H3. The first-order valence-corrected chi connectivity index (χ1v) is 27.0. The number of nitrogens with zero attached hydrogens (tertiary/aromatic N) is 1. The molecule has 0 bridgehead atoms. The fraction of sp³-hybridized carbons (Fsp3) is 0.961. The number of methoxy groups -OCH3 is 1. The quantitative estimate of drug-likeness (QED) is 0.0600. The van der Waals surface area contributed by atoms with E-state index in [1.807, 2.05) is 6.07 Å². The number of hydrogen-bond acceptors (Lipinski definition) is 26. The molecule has 0 heterocycles. The molecule has 0 N–H and O–H groups in total. The number of carbonyl (C=O) groups excluding carboxylic acids is 1. The van der Waals surface area contributed by atoms with Gasteiger partial charge in [-0.25, -0.2) is 0 Å². The van der Waals surface area contributed by atoms with Crippen LogP contribution in [0.5, 0.6) is 0 Å². The Hall–Kier alpha value is -1.96. The number of esters is 1. The minimum atomic E-state index is -0.777. The average Bonchev–Trinajstić information content (AvgIpc) is 3.44. The minimum Gasteiger partial charge on any atom is -0.462 e. The molecule has 0 fully saturated rings. The van der Waals surface area contributed by atoms with Gasteiger partial charge in [0.2, 0.25) is 0 Å². The van der Waals surface area contributed by atoms with Gasteiger partial charge in [0.15, 0.2) is 0 Å². The zero-order valence-corrected chi connectivity index (χ0v) is 46.8. The summed E-state index contributed by atoms with van der Waals surface area (Å²) in [6.07, 6.45) is 0. The number of carbonyl (C=O) groups is 1. The molecule has 0 rings (SSSR count). The van der Waals surface area contributed by atoms with Gasteiger partial charge < -0.3 is 114 Å². The molecule has 0 saturated carbocycles. The summed E-state index contributed by atoms with van der Waals surface area (Å²) in [6, 6.07) is 1.82. The van der Waals surface area contributed by atoms with Crippen molar-refractivity contribution in [2.45, 2.75) is 6.92 Å². The van der Waals surface area contributed by atoms with Crippen molar-refractivity contribution >= 4 is 5.97 Å². The Kier molecular flexibility index (Phi) is 68.4. The topological polar surface area (TPSA) is 262 Å². The first kappa shape index (κ1) is 75.0. The van der Waals surface area contributed by atoms with Gasteiger partial charge in [-0.05, 0) is 6.92 Å². The second-order valence-corrected chi connectivity index (χ2v) is 15.5. The molecule has 26 nitrogen and oxygen atoms in total. The third-order valence-corrected chi connectivity index (χ3v) is 9.26. The molecule has 0 aromatic carbocycles. The van der Waals surface area contributed by atoms with Crippen LogP contribution >= 0.6 is 0 Å². The molecule has 0 saturated heterocycles. The van der Waals surface area contributed by atoms with Gasteiger partial charge in [0.25, 0.3) is 0 Å². The highest BCUT2D eigenvalue weighted by Crippen LogP contribution is 1.96. The van der Waals surface area contributed by atoms with Gasteiger partial charge in [0.05, 0.1) is 303 Å². The Morgan fingerprint density at radius 1 is 0.247 bits per heavy atom. The van der Waals surface area contributed by atoms with Gasteiger partial charge in [-0.2, -0.15) is 5.26 Å². The van der Waals surface area contributed by atoms with Crippen LogP contribution in [0.4, 0.5) is 0 Å². The van der Waals surface area contributed by atoms with Crippen molar-refractivity contribution < 1.29 is 118 Å². The van der Waals surface area contributed by atoms with Crippen molar-refractivity contribution in [3.63, 3.8) is 0 Å². The fourth-order valence-electron chi connectivity index (χ4n) is 5.24. The van der Waals surface area contributed by atoms with Crippen LogP contribution in [0.1, 0.15) is 6.92 Å². The second kappa shape index (κ2) is 70.1. The monoisotopic (exact) mass is 1130 g/mol. The summed E-state index contributed by atoms with van der Waals surface area (Å²) in [5.74, 6) is -1.33. The van der Waals surface area contributed by atoms with Gasteiger partial charge >= 0.3 is 5.97 Å². The summed E-state index contributed by atoms with van der Waals surface area (Å²) in [6.45, 7) is 23.2. The summed E-state index contributed by atoms with van der Waals surface area (Å²) in [4.78, 5) is 11.3. The van der Waals surface area contributed by atoms with E-state index < -0.39 is 11.9 Å². The van der Waals surface area contributed by atoms with Crippen LogP contribution in [-0.4, -0.2) is 317 Å². The minimum absolute atomic E-state index is 0.107. The molecule has 0 aliphatic heterocycles. The summed E-state index contributed by atoms with van der Waals surface area (Å²) in [5.41, 5.74) is 0. The zero-order valence-electron chi connectivity index (χ0n) is 46.8. The molecule has 458 valence electrons. The molecule has 0 aromatic heterocycles. The third-order valence-electron chi connectivity index (χ3n) is 9.26. The van der Waals surface area contributed by atoms with E-state index in [1.165, 1.54) is 6.92 Å². The van der Waals surface area contributed by atoms with Crippen LogP contribution in [0.3, 0.4) is 0 Å². The van der Waals surface area contributed by atoms with Crippen LogP contribution < -0.4 is 0 Å². The first-order chi connectivity index (χ1) is 38.2. The highest BCUT2D eigenvalue weighted by Gasteiger charge is 2.12. The van der Waals surface area contributed by atoms with E-state index in [9.17, 15) is 4.79 Å². The number of ether oxygens (including phenoxy) is 24. The maximum atomic E-state index is 11.3. The molecule has 1 atom stereocenters. The highest BCUT2D eigenvalue weighted by molar-refractivity contribution is 5.74. The Labute approximate surface area is 458 Å². The van der Waals surface area contributed by atoms with Gasteiger partial charge in [-0.3, -0.25) is 4.79 Å². The number of hydrogen-bond donors (Lipinski definition) is 0. The molecule has 77 heavy (non-hydrogen) atoms. The van der Waals surface area contributed by atoms with Crippen molar-refractivity contribution in [1.82, 2.24) is 0 Å². The van der Waals surface area contributed by atoms with E-state index in [0.29, 0.717) is 291 Å². The van der Waals surface area contributed by atoms with Gasteiger partial charge in [0, 0.05) is 7.11 Å². The first-order valence-electron chi connectivity index (χ1n) is 27.0. The molecule has 0 aromatic rings. The van der Waals surface area contributed by atoms with Crippen LogP contribution in [0.2, 0.25) is 0 Å². The van der Waals surface area contributed by atoms with E-state index in [-0.39, 0.29) is 13.2 Å². The number of nitriles is 1. The lowest BCUT2D eigenvalue weighted by Crippen LogP contribution is -2.17. The Bertz CT molecular complexity index is 1150. The summed E-state index contributed by atoms with van der Waals surface area (Å²) >= 11 is 0. The third kappa shape index (κ3) is 68.2. The molecular weight excluding hydrogens is 1030 g/mol. The average molecular weight is 1130 g/mol. The highest BCUT2D eigenvalue weighted by atomic mass is 16.6. The summed E-state index contributed by atoms with van der Waals surface area (Å²) in [7, 11) is 1.64. The van der Waals surface area contributed by atoms with Crippen LogP contribution in [-0.2, 0) is 118 Å². The summed E-state index contributed by atoms with van der Waals surface area (Å²) < 4.78 is 130. The molecular formula is C51H99NO25. The Morgan fingerprint density at radius 2 is 0.364 bits per heavy atom. The predicted octanol–water partition coefficient (Wildman–Crippen LogP) is 0.701. The largest absolute Gasteiger partial charge is 0.462 e. The lowest BCUT2D eigenvalue weighted by atomic mass is 10.2. The van der Waals surface area contributed by atoms with Crippen molar-refractivity contribution in [3.05, 3.63) is 0 Å². The Balaban J connectivity index is 3.09. The second-order valence-electron chi connectivity index (χ2n) is 15.5. The predicted molar refractivity (Wildman–Crippen MR) is 276 cm³/mol. The van der Waals surface area contributed by atoms with Crippen LogP contribution in [0.25, 0.3) is 0 Å². The van der Waals surface area contributed by atoms with Gasteiger partial charge in [-0.15, -0.1) is 0 Å². The molecule has 0 radical (unpaired) electrons. The van der Waals surface area contributed by atoms with Gasteiger partial charge in [0.1, 0.15) is 12.5 Å². The fourth-order valence-corrected chi connectivity index (χ4v) is 5.24. The molecule has 0 amide bonds. The zero-order chi connectivity index (χ0) is 55.4. The molecule has 0 aliphatic carbocycles. The normalized spacial score (nSPS) is 12.0. The molecule has 0 spiro atoms. The van der Waals surface area contributed by atoms with Crippen molar-refractivity contribution in [2.75, 3.05) is 311 Å². The van der Waals surface area contributed by atoms with Crippen molar-refractivity contribution in [2.24, 2.45) is 5.92 Å². The maximum Gasteiger partial charge on any atom is 0.323 e. The van der Waals surface area contributed by atoms with Gasteiger partial charge in [-0.1, -0.05) is 0 Å². The summed E-state index contributed by atoms with van der Waals surface area (Å²) in [5, 5.41) is 8.64. The van der Waals surface area contributed by atoms with Crippen LogP contribution in [0.15, 0.2) is 0 Å². The van der Waals surface area contributed by atoms with Crippen LogP contribution in [0, 0.1) is 17.2 Å². The smallest absolute Gasteiger partial charge is 0.323 e. The van der Waals surface area contributed by atoms with Crippen molar-refractivity contribution in [1.29, 1.82) is 5.26 Å². The number of rotatable bonds is 70. The maximum absolute atomic E-state index is 11.3. The SMILES string of the molecule is COCCOCCOCCOCCOCCOCCOCCOCCOCCOCCOCCOCCOCCOCCOCCOCCOCCOCCOCCOCCOCCOCCOCCOC(=O)C(C)C#N. The lowest BCUT2D eigenvalue weighted by molar-refractivity contribution is -0.147. The van der Waals surface area contributed by atoms with E-state index in [2.05, 4.69) is 0 Å². The van der Waals surface area contributed by atoms with E-state index in [0.717, 1.165) is 0 Å². The molecule has 1 unspecified atom stereocenters. The molecule has 26 heteroatoms. The lowest BCUT2D eigenvalue weighted by Gasteiger charge is -2.09. The van der Waals surface area contributed by atoms with E-state index in [4.69, 9.17) is 119 Å². The Morgan fingerprint density at radius 3 is 0.481 bits per heavy atom. The molecule has 0 aliphatic rings. The van der Waals surface area contributed by atoms with E-state index >= 15 is 0 Å².